The Morgan fingerprint density at radius 3 is 2.09 bits per heavy atom. The Hall–Kier alpha value is -3.60. The van der Waals surface area contributed by atoms with Crippen LogP contribution in [-0.4, -0.2) is 36.9 Å². The SMILES string of the molecule is CCC(Oc1ccc(-c2ccccc2)cc1)C(=O)Nc1ccc(CCC(=O)N(C)C)cc1. The van der Waals surface area contributed by atoms with Crippen molar-refractivity contribution in [2.24, 2.45) is 0 Å². The van der Waals surface area contributed by atoms with E-state index in [1.54, 1.807) is 19.0 Å². The summed E-state index contributed by atoms with van der Waals surface area (Å²) in [5.41, 5.74) is 4.00. The Labute approximate surface area is 190 Å². The molecular formula is C27H30N2O3. The molecule has 0 bridgehead atoms. The minimum Gasteiger partial charge on any atom is -0.481 e. The lowest BCUT2D eigenvalue weighted by molar-refractivity contribution is -0.128. The molecule has 3 aromatic rings. The van der Waals surface area contributed by atoms with Crippen LogP contribution in [0.25, 0.3) is 11.1 Å². The van der Waals surface area contributed by atoms with Crippen molar-refractivity contribution >= 4 is 17.5 Å². The van der Waals surface area contributed by atoms with Crippen LogP contribution >= 0.6 is 0 Å². The van der Waals surface area contributed by atoms with Crippen LogP contribution in [0.1, 0.15) is 25.3 Å². The van der Waals surface area contributed by atoms with Crippen LogP contribution in [0, 0.1) is 0 Å². The third kappa shape index (κ3) is 6.45. The van der Waals surface area contributed by atoms with Gasteiger partial charge in [-0.15, -0.1) is 0 Å². The summed E-state index contributed by atoms with van der Waals surface area (Å²) in [7, 11) is 3.51. The van der Waals surface area contributed by atoms with Gasteiger partial charge in [0.25, 0.3) is 5.91 Å². The van der Waals surface area contributed by atoms with Crippen molar-refractivity contribution in [3.05, 3.63) is 84.4 Å². The number of nitrogens with one attached hydrogen (secondary N) is 1. The molecule has 166 valence electrons. The summed E-state index contributed by atoms with van der Waals surface area (Å²) in [6, 6.07) is 25.5. The molecule has 3 rings (SSSR count). The van der Waals surface area contributed by atoms with Gasteiger partial charge in [-0.1, -0.05) is 61.5 Å². The second kappa shape index (κ2) is 11.1. The Balaban J connectivity index is 1.56. The first kappa shape index (κ1) is 23.1. The summed E-state index contributed by atoms with van der Waals surface area (Å²) in [6.07, 6.45) is 1.10. The van der Waals surface area contributed by atoms with Gasteiger partial charge in [0.05, 0.1) is 0 Å². The Kier molecular flexibility index (Phi) is 8.03. The number of carbonyl (C=O) groups excluding carboxylic acids is 2. The molecule has 0 radical (unpaired) electrons. The number of aryl methyl sites for hydroxylation is 1. The Morgan fingerprint density at radius 2 is 1.50 bits per heavy atom. The smallest absolute Gasteiger partial charge is 0.265 e. The van der Waals surface area contributed by atoms with E-state index < -0.39 is 6.10 Å². The van der Waals surface area contributed by atoms with E-state index in [0.717, 1.165) is 16.7 Å². The number of amides is 2. The third-order valence-electron chi connectivity index (χ3n) is 5.25. The molecule has 1 unspecified atom stereocenters. The van der Waals surface area contributed by atoms with Gasteiger partial charge in [-0.3, -0.25) is 9.59 Å². The fraction of sp³-hybridized carbons (Fsp3) is 0.259. The van der Waals surface area contributed by atoms with E-state index in [4.69, 9.17) is 4.74 Å². The predicted octanol–water partition coefficient (Wildman–Crippen LogP) is 5.17. The summed E-state index contributed by atoms with van der Waals surface area (Å²) in [4.78, 5) is 26.0. The zero-order chi connectivity index (χ0) is 22.9. The quantitative estimate of drug-likeness (QED) is 0.509. The summed E-state index contributed by atoms with van der Waals surface area (Å²) < 4.78 is 5.95. The first-order valence-corrected chi connectivity index (χ1v) is 10.9. The first-order valence-electron chi connectivity index (χ1n) is 10.9. The number of nitrogens with zero attached hydrogens (tertiary/aromatic N) is 1. The molecule has 0 heterocycles. The van der Waals surface area contributed by atoms with Gasteiger partial charge in [-0.25, -0.2) is 0 Å². The molecule has 5 heteroatoms. The molecule has 0 fully saturated rings. The van der Waals surface area contributed by atoms with Crippen molar-refractivity contribution in [1.29, 1.82) is 0 Å². The topological polar surface area (TPSA) is 58.6 Å². The van der Waals surface area contributed by atoms with Crippen molar-refractivity contribution in [3.8, 4) is 16.9 Å². The summed E-state index contributed by atoms with van der Waals surface area (Å²) in [5, 5.41) is 2.92. The maximum absolute atomic E-state index is 12.7. The highest BCUT2D eigenvalue weighted by Gasteiger charge is 2.18. The maximum Gasteiger partial charge on any atom is 0.265 e. The van der Waals surface area contributed by atoms with E-state index in [1.807, 2.05) is 73.7 Å². The van der Waals surface area contributed by atoms with Gasteiger partial charge in [-0.05, 0) is 53.8 Å². The number of ether oxygens (including phenoxy) is 1. The molecule has 0 aliphatic carbocycles. The second-order valence-corrected chi connectivity index (χ2v) is 7.88. The number of rotatable bonds is 9. The number of benzene rings is 3. The maximum atomic E-state index is 12.7. The van der Waals surface area contributed by atoms with Gasteiger partial charge in [0.15, 0.2) is 6.10 Å². The van der Waals surface area contributed by atoms with Crippen molar-refractivity contribution in [2.75, 3.05) is 19.4 Å². The van der Waals surface area contributed by atoms with Crippen LogP contribution in [0.4, 0.5) is 5.69 Å². The molecule has 3 aromatic carbocycles. The lowest BCUT2D eigenvalue weighted by atomic mass is 10.1. The third-order valence-corrected chi connectivity index (χ3v) is 5.25. The van der Waals surface area contributed by atoms with E-state index in [-0.39, 0.29) is 11.8 Å². The molecule has 0 aromatic heterocycles. The summed E-state index contributed by atoms with van der Waals surface area (Å²) in [5.74, 6) is 0.574. The van der Waals surface area contributed by atoms with Crippen LogP contribution in [0.3, 0.4) is 0 Å². The van der Waals surface area contributed by atoms with Gasteiger partial charge in [-0.2, -0.15) is 0 Å². The largest absolute Gasteiger partial charge is 0.481 e. The van der Waals surface area contributed by atoms with Crippen LogP contribution in [0.5, 0.6) is 5.75 Å². The van der Waals surface area contributed by atoms with Gasteiger partial charge in [0.1, 0.15) is 5.75 Å². The van der Waals surface area contributed by atoms with Crippen molar-refractivity contribution in [3.63, 3.8) is 0 Å². The Bertz CT molecular complexity index is 1010. The van der Waals surface area contributed by atoms with E-state index in [2.05, 4.69) is 17.4 Å². The van der Waals surface area contributed by atoms with Gasteiger partial charge in [0, 0.05) is 26.2 Å². The number of carbonyl (C=O) groups is 2. The van der Waals surface area contributed by atoms with Crippen molar-refractivity contribution in [1.82, 2.24) is 4.90 Å². The molecule has 0 aliphatic heterocycles. The molecule has 0 aliphatic rings. The van der Waals surface area contributed by atoms with E-state index >= 15 is 0 Å². The highest BCUT2D eigenvalue weighted by Crippen LogP contribution is 2.23. The highest BCUT2D eigenvalue weighted by atomic mass is 16.5. The monoisotopic (exact) mass is 430 g/mol. The second-order valence-electron chi connectivity index (χ2n) is 7.88. The molecule has 0 spiro atoms. The average Bonchev–Trinajstić information content (AvgIpc) is 2.82. The van der Waals surface area contributed by atoms with E-state index in [0.29, 0.717) is 30.7 Å². The first-order chi connectivity index (χ1) is 15.5. The minimum absolute atomic E-state index is 0.0992. The van der Waals surface area contributed by atoms with E-state index in [9.17, 15) is 9.59 Å². The molecule has 1 N–H and O–H groups in total. The lowest BCUT2D eigenvalue weighted by Gasteiger charge is -2.18. The number of anilines is 1. The van der Waals surface area contributed by atoms with Crippen LogP contribution in [0.2, 0.25) is 0 Å². The molecule has 0 saturated carbocycles. The Morgan fingerprint density at radius 1 is 0.875 bits per heavy atom. The van der Waals surface area contributed by atoms with Crippen molar-refractivity contribution in [2.45, 2.75) is 32.3 Å². The predicted molar refractivity (Wildman–Crippen MR) is 129 cm³/mol. The summed E-state index contributed by atoms with van der Waals surface area (Å²) in [6.45, 7) is 1.92. The lowest BCUT2D eigenvalue weighted by Crippen LogP contribution is -2.32. The molecule has 2 amide bonds. The van der Waals surface area contributed by atoms with Gasteiger partial charge in [0.2, 0.25) is 5.91 Å². The zero-order valence-corrected chi connectivity index (χ0v) is 18.9. The number of hydrogen-bond acceptors (Lipinski definition) is 3. The van der Waals surface area contributed by atoms with Crippen molar-refractivity contribution < 1.29 is 14.3 Å². The summed E-state index contributed by atoms with van der Waals surface area (Å²) >= 11 is 0. The normalized spacial score (nSPS) is 11.5. The molecule has 32 heavy (non-hydrogen) atoms. The van der Waals surface area contributed by atoms with E-state index in [1.165, 1.54) is 0 Å². The van der Waals surface area contributed by atoms with Crippen LogP contribution < -0.4 is 10.1 Å². The highest BCUT2D eigenvalue weighted by molar-refractivity contribution is 5.94. The standard InChI is InChI=1S/C27H30N2O3/c1-4-25(32-24-17-13-22(14-18-24)21-8-6-5-7-9-21)27(31)28-23-15-10-20(11-16-23)12-19-26(30)29(2)3/h5-11,13-18,25H,4,12,19H2,1-3H3,(H,28,31). The van der Waals surface area contributed by atoms with Crippen LogP contribution in [-0.2, 0) is 16.0 Å². The molecule has 5 nitrogen and oxygen atoms in total. The van der Waals surface area contributed by atoms with Gasteiger partial charge < -0.3 is 15.0 Å². The molecular weight excluding hydrogens is 400 g/mol. The number of hydrogen-bond donors (Lipinski definition) is 1. The fourth-order valence-electron chi connectivity index (χ4n) is 3.30. The average molecular weight is 431 g/mol. The molecule has 1 atom stereocenters. The van der Waals surface area contributed by atoms with Crippen LogP contribution in [0.15, 0.2) is 78.9 Å². The van der Waals surface area contributed by atoms with Gasteiger partial charge >= 0.3 is 0 Å². The molecule has 0 saturated heterocycles. The minimum atomic E-state index is -0.588. The fourth-order valence-corrected chi connectivity index (χ4v) is 3.30. The zero-order valence-electron chi connectivity index (χ0n) is 18.9.